The molecule has 13 heavy (non-hydrogen) atoms. The number of pyridine rings is 1. The van der Waals surface area contributed by atoms with E-state index in [4.69, 9.17) is 0 Å². The average molecular weight is 287 g/mol. The monoisotopic (exact) mass is 287 g/mol. The first-order valence-corrected chi connectivity index (χ1v) is 4.77. The summed E-state index contributed by atoms with van der Waals surface area (Å²) in [4.78, 5) is 13.6. The third kappa shape index (κ3) is 1.41. The molecule has 1 heterocycles. The summed E-state index contributed by atoms with van der Waals surface area (Å²) in [6.07, 6.45) is 0. The van der Waals surface area contributed by atoms with Crippen LogP contribution in [0.4, 0.5) is 0 Å². The Hall–Kier alpha value is -1.04. The van der Waals surface area contributed by atoms with E-state index in [1.807, 2.05) is 12.1 Å². The van der Waals surface area contributed by atoms with Crippen LogP contribution in [-0.2, 0) is 0 Å². The van der Waals surface area contributed by atoms with Crippen LogP contribution in [0.15, 0.2) is 29.1 Å². The number of aromatic amines is 1. The first-order chi connectivity index (χ1) is 6.18. The van der Waals surface area contributed by atoms with Gasteiger partial charge in [-0.2, -0.15) is 0 Å². The molecule has 0 spiro atoms. The minimum Gasteiger partial charge on any atom is -0.503 e. The van der Waals surface area contributed by atoms with Gasteiger partial charge in [-0.15, -0.1) is 0 Å². The summed E-state index contributed by atoms with van der Waals surface area (Å²) in [5.74, 6) is -0.239. The molecule has 0 amide bonds. The van der Waals surface area contributed by atoms with E-state index in [2.05, 4.69) is 27.6 Å². The maximum absolute atomic E-state index is 11.0. The van der Waals surface area contributed by atoms with Gasteiger partial charge in [0.15, 0.2) is 5.75 Å². The lowest BCUT2D eigenvalue weighted by molar-refractivity contribution is 0.468. The van der Waals surface area contributed by atoms with Gasteiger partial charge >= 0.3 is 0 Å². The standard InChI is InChI=1S/C9H6INO2/c10-6-2-1-3-7-5(6)4-8(12)9(13)11-7/h1-4,12H,(H,11,13). The highest BCUT2D eigenvalue weighted by Gasteiger charge is 2.02. The summed E-state index contributed by atoms with van der Waals surface area (Å²) in [6, 6.07) is 7.06. The first-order valence-electron chi connectivity index (χ1n) is 3.69. The normalized spacial score (nSPS) is 10.5. The van der Waals surface area contributed by atoms with Crippen molar-refractivity contribution in [1.29, 1.82) is 0 Å². The summed E-state index contributed by atoms with van der Waals surface area (Å²) in [5, 5.41) is 10.1. The third-order valence-electron chi connectivity index (χ3n) is 1.81. The quantitative estimate of drug-likeness (QED) is 0.726. The number of hydrogen-bond donors (Lipinski definition) is 2. The van der Waals surface area contributed by atoms with Gasteiger partial charge in [0.2, 0.25) is 0 Å². The Kier molecular flexibility index (Phi) is 1.99. The molecular weight excluding hydrogens is 281 g/mol. The fourth-order valence-electron chi connectivity index (χ4n) is 1.18. The predicted molar refractivity (Wildman–Crippen MR) is 59.0 cm³/mol. The maximum atomic E-state index is 11.0. The van der Waals surface area contributed by atoms with Crippen molar-refractivity contribution in [3.63, 3.8) is 0 Å². The van der Waals surface area contributed by atoms with Crippen LogP contribution in [0.1, 0.15) is 0 Å². The molecule has 0 saturated carbocycles. The van der Waals surface area contributed by atoms with Crippen LogP contribution in [0, 0.1) is 3.57 Å². The van der Waals surface area contributed by atoms with Crippen molar-refractivity contribution >= 4 is 33.5 Å². The average Bonchev–Trinajstić information content (AvgIpc) is 2.09. The van der Waals surface area contributed by atoms with Gasteiger partial charge in [-0.1, -0.05) is 6.07 Å². The van der Waals surface area contributed by atoms with Gasteiger partial charge in [0.1, 0.15) is 0 Å². The molecule has 3 nitrogen and oxygen atoms in total. The van der Waals surface area contributed by atoms with E-state index in [0.29, 0.717) is 0 Å². The Morgan fingerprint density at radius 3 is 2.92 bits per heavy atom. The molecule has 2 rings (SSSR count). The molecule has 4 heteroatoms. The van der Waals surface area contributed by atoms with E-state index in [1.54, 1.807) is 6.07 Å². The van der Waals surface area contributed by atoms with Crippen LogP contribution in [0.2, 0.25) is 0 Å². The van der Waals surface area contributed by atoms with E-state index < -0.39 is 5.56 Å². The van der Waals surface area contributed by atoms with Crippen LogP contribution < -0.4 is 5.56 Å². The predicted octanol–water partition coefficient (Wildman–Crippen LogP) is 1.84. The van der Waals surface area contributed by atoms with E-state index >= 15 is 0 Å². The molecule has 0 unspecified atom stereocenters. The zero-order chi connectivity index (χ0) is 9.42. The Balaban J connectivity index is 2.97. The van der Waals surface area contributed by atoms with Crippen molar-refractivity contribution in [2.45, 2.75) is 0 Å². The van der Waals surface area contributed by atoms with E-state index in [9.17, 15) is 9.90 Å². The lowest BCUT2D eigenvalue weighted by Gasteiger charge is -1.99. The molecule has 0 aliphatic heterocycles. The Morgan fingerprint density at radius 2 is 2.15 bits per heavy atom. The highest BCUT2D eigenvalue weighted by molar-refractivity contribution is 14.1. The number of aromatic hydroxyl groups is 1. The van der Waals surface area contributed by atoms with Crippen molar-refractivity contribution in [2.75, 3.05) is 0 Å². The molecule has 0 aliphatic carbocycles. The number of nitrogens with one attached hydrogen (secondary N) is 1. The Labute approximate surface area is 87.6 Å². The number of aromatic nitrogens is 1. The molecule has 1 aromatic carbocycles. The highest BCUT2D eigenvalue weighted by Crippen LogP contribution is 2.19. The van der Waals surface area contributed by atoms with Gasteiger partial charge in [-0.05, 0) is 40.8 Å². The number of fused-ring (bicyclic) bond motifs is 1. The lowest BCUT2D eigenvalue weighted by atomic mass is 10.2. The molecule has 0 atom stereocenters. The second-order valence-electron chi connectivity index (χ2n) is 2.68. The molecule has 0 radical (unpaired) electrons. The van der Waals surface area contributed by atoms with Crippen molar-refractivity contribution in [2.24, 2.45) is 0 Å². The summed E-state index contributed by atoms with van der Waals surface area (Å²) in [5.41, 5.74) is 0.296. The summed E-state index contributed by atoms with van der Waals surface area (Å²) < 4.78 is 1.00. The number of halogens is 1. The highest BCUT2D eigenvalue weighted by atomic mass is 127. The molecule has 0 bridgehead atoms. The smallest absolute Gasteiger partial charge is 0.290 e. The van der Waals surface area contributed by atoms with Crippen molar-refractivity contribution in [1.82, 2.24) is 4.98 Å². The molecule has 0 fully saturated rings. The van der Waals surface area contributed by atoms with Crippen LogP contribution >= 0.6 is 22.6 Å². The van der Waals surface area contributed by atoms with Crippen molar-refractivity contribution in [3.05, 3.63) is 38.2 Å². The minimum absolute atomic E-state index is 0.239. The zero-order valence-electron chi connectivity index (χ0n) is 6.54. The van der Waals surface area contributed by atoms with Crippen LogP contribution in [0.25, 0.3) is 10.9 Å². The molecule has 0 aliphatic rings. The Bertz CT molecular complexity index is 518. The summed E-state index contributed by atoms with van der Waals surface area (Å²) in [7, 11) is 0. The van der Waals surface area contributed by atoms with E-state index in [0.717, 1.165) is 14.5 Å². The van der Waals surface area contributed by atoms with Gasteiger partial charge in [0, 0.05) is 14.5 Å². The SMILES string of the molecule is O=c1[nH]c2cccc(I)c2cc1O. The van der Waals surface area contributed by atoms with Gasteiger partial charge < -0.3 is 10.1 Å². The fourth-order valence-corrected chi connectivity index (χ4v) is 1.84. The van der Waals surface area contributed by atoms with E-state index in [1.165, 1.54) is 6.07 Å². The minimum atomic E-state index is -0.450. The number of H-pyrrole nitrogens is 1. The van der Waals surface area contributed by atoms with E-state index in [-0.39, 0.29) is 5.75 Å². The van der Waals surface area contributed by atoms with Crippen LogP contribution in [-0.4, -0.2) is 10.1 Å². The second-order valence-corrected chi connectivity index (χ2v) is 3.85. The van der Waals surface area contributed by atoms with Gasteiger partial charge in [0.05, 0.1) is 0 Å². The molecule has 0 saturated heterocycles. The van der Waals surface area contributed by atoms with Crippen molar-refractivity contribution < 1.29 is 5.11 Å². The summed E-state index contributed by atoms with van der Waals surface area (Å²) in [6.45, 7) is 0. The van der Waals surface area contributed by atoms with Crippen molar-refractivity contribution in [3.8, 4) is 5.75 Å². The van der Waals surface area contributed by atoms with Crippen LogP contribution in [0.3, 0.4) is 0 Å². The molecule has 66 valence electrons. The molecule has 2 aromatic rings. The van der Waals surface area contributed by atoms with Gasteiger partial charge in [-0.25, -0.2) is 0 Å². The molecule has 1 aromatic heterocycles. The second kappa shape index (κ2) is 3.02. The third-order valence-corrected chi connectivity index (χ3v) is 2.76. The van der Waals surface area contributed by atoms with Gasteiger partial charge in [-0.3, -0.25) is 4.79 Å². The number of benzene rings is 1. The maximum Gasteiger partial charge on any atom is 0.290 e. The molecule has 2 N–H and O–H groups in total. The first kappa shape index (κ1) is 8.55. The Morgan fingerprint density at radius 1 is 1.38 bits per heavy atom. The summed E-state index contributed by atoms with van der Waals surface area (Å²) >= 11 is 2.15. The fraction of sp³-hybridized carbons (Fsp3) is 0. The topological polar surface area (TPSA) is 53.1 Å². The van der Waals surface area contributed by atoms with Gasteiger partial charge in [0.25, 0.3) is 5.56 Å². The largest absolute Gasteiger partial charge is 0.503 e. The van der Waals surface area contributed by atoms with Crippen LogP contribution in [0.5, 0.6) is 5.75 Å². The number of hydrogen-bond acceptors (Lipinski definition) is 2. The zero-order valence-corrected chi connectivity index (χ0v) is 8.70. The number of rotatable bonds is 0. The lowest BCUT2D eigenvalue weighted by Crippen LogP contribution is -2.04. The molecular formula is C9H6INO2.